The van der Waals surface area contributed by atoms with Crippen molar-refractivity contribution >= 4 is 35.1 Å². The first-order chi connectivity index (χ1) is 11.5. The van der Waals surface area contributed by atoms with E-state index in [0.717, 1.165) is 42.5 Å². The lowest BCUT2D eigenvalue weighted by atomic mass is 9.87. The van der Waals surface area contributed by atoms with Gasteiger partial charge in [0.15, 0.2) is 5.78 Å². The number of nitrogens with one attached hydrogen (secondary N) is 1. The number of pyridine rings is 1. The molecule has 5 heteroatoms. The molecule has 0 amide bonds. The molecule has 124 valence electrons. The van der Waals surface area contributed by atoms with Crippen molar-refractivity contribution in [2.75, 3.05) is 0 Å². The fourth-order valence-electron chi connectivity index (χ4n) is 3.19. The lowest BCUT2D eigenvalue weighted by Gasteiger charge is -2.19. The van der Waals surface area contributed by atoms with Crippen LogP contribution in [0.5, 0.6) is 0 Å². The molecule has 0 bridgehead atoms. The molecular formula is C19H17Cl2NO2. The summed E-state index contributed by atoms with van der Waals surface area (Å²) in [5, 5.41) is 0.999. The zero-order valence-corrected chi connectivity index (χ0v) is 14.8. The quantitative estimate of drug-likeness (QED) is 0.632. The maximum Gasteiger partial charge on any atom is 0.259 e. The number of allylic oxidation sites excluding steroid dienone is 1. The van der Waals surface area contributed by atoms with Gasteiger partial charge in [-0.05, 0) is 73.6 Å². The van der Waals surface area contributed by atoms with E-state index in [1.807, 2.05) is 6.92 Å². The minimum absolute atomic E-state index is 0.261. The average Bonchev–Trinajstić information content (AvgIpc) is 2.54. The van der Waals surface area contributed by atoms with Gasteiger partial charge in [0.2, 0.25) is 0 Å². The molecule has 3 nitrogen and oxygen atoms in total. The number of carbonyl (C=O) groups excluding carboxylic acids is 1. The Labute approximate surface area is 150 Å². The van der Waals surface area contributed by atoms with Crippen LogP contribution in [0.3, 0.4) is 0 Å². The Morgan fingerprint density at radius 3 is 2.58 bits per heavy atom. The van der Waals surface area contributed by atoms with Crippen LogP contribution in [0.4, 0.5) is 0 Å². The molecule has 0 saturated heterocycles. The molecule has 3 rings (SSSR count). The Balaban J connectivity index is 1.99. The first-order valence-electron chi connectivity index (χ1n) is 7.89. The van der Waals surface area contributed by atoms with Gasteiger partial charge in [-0.15, -0.1) is 0 Å². The molecule has 1 aliphatic rings. The van der Waals surface area contributed by atoms with Gasteiger partial charge >= 0.3 is 0 Å². The zero-order valence-electron chi connectivity index (χ0n) is 13.3. The monoisotopic (exact) mass is 361 g/mol. The minimum Gasteiger partial charge on any atom is -0.326 e. The summed E-state index contributed by atoms with van der Waals surface area (Å²) in [6.07, 6.45) is 6.80. The summed E-state index contributed by atoms with van der Waals surface area (Å²) in [7, 11) is 0. The van der Waals surface area contributed by atoms with Crippen LogP contribution in [0.15, 0.2) is 29.1 Å². The Hall–Kier alpha value is -1.84. The third kappa shape index (κ3) is 3.33. The van der Waals surface area contributed by atoms with Gasteiger partial charge in [-0.1, -0.05) is 29.3 Å². The number of aromatic nitrogens is 1. The number of rotatable bonds is 3. The Morgan fingerprint density at radius 2 is 1.88 bits per heavy atom. The second-order valence-electron chi connectivity index (χ2n) is 5.98. The van der Waals surface area contributed by atoms with E-state index in [2.05, 4.69) is 4.98 Å². The summed E-state index contributed by atoms with van der Waals surface area (Å²) >= 11 is 12.0. The van der Waals surface area contributed by atoms with Crippen LogP contribution in [-0.2, 0) is 12.8 Å². The highest BCUT2D eigenvalue weighted by Gasteiger charge is 2.21. The SMILES string of the molecule is Cc1[nH]c(=O)c(C(=O)/C=C/c2ccc(Cl)cc2Cl)c2c1CCCC2. The first-order valence-corrected chi connectivity index (χ1v) is 8.65. The summed E-state index contributed by atoms with van der Waals surface area (Å²) in [4.78, 5) is 27.8. The largest absolute Gasteiger partial charge is 0.326 e. The highest BCUT2D eigenvalue weighted by Crippen LogP contribution is 2.26. The van der Waals surface area contributed by atoms with Crippen molar-refractivity contribution in [2.45, 2.75) is 32.6 Å². The standard InChI is InChI=1S/C19H17Cl2NO2/c1-11-14-4-2-3-5-15(14)18(19(24)22-11)17(23)9-7-12-6-8-13(20)10-16(12)21/h6-10H,2-5H2,1H3,(H,22,24)/b9-7+. The van der Waals surface area contributed by atoms with E-state index in [1.54, 1.807) is 24.3 Å². The number of carbonyl (C=O) groups is 1. The molecule has 0 radical (unpaired) electrons. The third-order valence-electron chi connectivity index (χ3n) is 4.37. The molecule has 1 heterocycles. The molecule has 2 aromatic rings. The van der Waals surface area contributed by atoms with Crippen LogP contribution in [0.2, 0.25) is 10.0 Å². The van der Waals surface area contributed by atoms with Crippen LogP contribution in [0, 0.1) is 6.92 Å². The Kier molecular flexibility index (Phi) is 4.93. The van der Waals surface area contributed by atoms with Crippen LogP contribution < -0.4 is 5.56 Å². The zero-order chi connectivity index (χ0) is 17.3. The van der Waals surface area contributed by atoms with E-state index < -0.39 is 0 Å². The number of aryl methyl sites for hydroxylation is 1. The maximum absolute atomic E-state index is 12.6. The molecule has 1 aliphatic carbocycles. The number of H-pyrrole nitrogens is 1. The number of halogens is 2. The predicted octanol–water partition coefficient (Wildman–Crippen LogP) is 4.77. The number of hydrogen-bond acceptors (Lipinski definition) is 2. The van der Waals surface area contributed by atoms with Crippen LogP contribution in [-0.4, -0.2) is 10.8 Å². The molecule has 0 atom stereocenters. The molecule has 0 saturated carbocycles. The normalized spacial score (nSPS) is 14.0. The predicted molar refractivity (Wildman–Crippen MR) is 98.3 cm³/mol. The van der Waals surface area contributed by atoms with Gasteiger partial charge in [0, 0.05) is 15.7 Å². The number of aromatic amines is 1. The second kappa shape index (κ2) is 6.96. The van der Waals surface area contributed by atoms with E-state index in [9.17, 15) is 9.59 Å². The van der Waals surface area contributed by atoms with Crippen LogP contribution >= 0.6 is 23.2 Å². The van der Waals surface area contributed by atoms with Crippen molar-refractivity contribution in [3.63, 3.8) is 0 Å². The number of fused-ring (bicyclic) bond motifs is 1. The van der Waals surface area contributed by atoms with Crippen molar-refractivity contribution < 1.29 is 4.79 Å². The molecule has 1 aromatic heterocycles. The number of hydrogen-bond donors (Lipinski definition) is 1. The Bertz CT molecular complexity index is 897. The van der Waals surface area contributed by atoms with Crippen molar-refractivity contribution in [3.8, 4) is 0 Å². The maximum atomic E-state index is 12.6. The lowest BCUT2D eigenvalue weighted by Crippen LogP contribution is -2.24. The topological polar surface area (TPSA) is 49.9 Å². The number of ketones is 1. The minimum atomic E-state index is -0.315. The lowest BCUT2D eigenvalue weighted by molar-refractivity contribution is 0.104. The van der Waals surface area contributed by atoms with Gasteiger partial charge < -0.3 is 4.98 Å². The molecule has 0 spiro atoms. The molecular weight excluding hydrogens is 345 g/mol. The fourth-order valence-corrected chi connectivity index (χ4v) is 3.66. The van der Waals surface area contributed by atoms with Crippen LogP contribution in [0.1, 0.15) is 45.6 Å². The summed E-state index contributed by atoms with van der Waals surface area (Å²) in [6.45, 7) is 1.89. The first kappa shape index (κ1) is 17.0. The van der Waals surface area contributed by atoms with E-state index in [1.165, 1.54) is 6.08 Å². The summed E-state index contributed by atoms with van der Waals surface area (Å²) in [5.74, 6) is -0.291. The van der Waals surface area contributed by atoms with Crippen molar-refractivity contribution in [2.24, 2.45) is 0 Å². The smallest absolute Gasteiger partial charge is 0.259 e. The van der Waals surface area contributed by atoms with Crippen molar-refractivity contribution in [3.05, 3.63) is 72.6 Å². The van der Waals surface area contributed by atoms with E-state index >= 15 is 0 Å². The Morgan fingerprint density at radius 1 is 1.17 bits per heavy atom. The highest BCUT2D eigenvalue weighted by atomic mass is 35.5. The summed E-state index contributed by atoms with van der Waals surface area (Å²) < 4.78 is 0. The van der Waals surface area contributed by atoms with Gasteiger partial charge in [0.1, 0.15) is 0 Å². The van der Waals surface area contributed by atoms with Gasteiger partial charge in [0.25, 0.3) is 5.56 Å². The second-order valence-corrected chi connectivity index (χ2v) is 6.83. The summed E-state index contributed by atoms with van der Waals surface area (Å²) in [6, 6.07) is 5.06. The van der Waals surface area contributed by atoms with E-state index in [4.69, 9.17) is 23.2 Å². The van der Waals surface area contributed by atoms with Gasteiger partial charge in [-0.2, -0.15) is 0 Å². The molecule has 1 aromatic carbocycles. The van der Waals surface area contributed by atoms with E-state index in [0.29, 0.717) is 15.6 Å². The van der Waals surface area contributed by atoms with Crippen molar-refractivity contribution in [1.29, 1.82) is 0 Å². The molecule has 0 unspecified atom stereocenters. The molecule has 0 fully saturated rings. The van der Waals surface area contributed by atoms with Gasteiger partial charge in [-0.3, -0.25) is 9.59 Å². The van der Waals surface area contributed by atoms with Gasteiger partial charge in [-0.25, -0.2) is 0 Å². The van der Waals surface area contributed by atoms with E-state index in [-0.39, 0.29) is 16.9 Å². The van der Waals surface area contributed by atoms with Gasteiger partial charge in [0.05, 0.1) is 5.56 Å². The fraction of sp³-hybridized carbons (Fsp3) is 0.263. The molecule has 24 heavy (non-hydrogen) atoms. The molecule has 1 N–H and O–H groups in total. The summed E-state index contributed by atoms with van der Waals surface area (Å²) in [5.41, 5.74) is 3.52. The number of benzene rings is 1. The molecule has 0 aliphatic heterocycles. The van der Waals surface area contributed by atoms with Crippen molar-refractivity contribution in [1.82, 2.24) is 4.98 Å². The average molecular weight is 362 g/mol. The highest BCUT2D eigenvalue weighted by molar-refractivity contribution is 6.35. The van der Waals surface area contributed by atoms with Crippen LogP contribution in [0.25, 0.3) is 6.08 Å². The third-order valence-corrected chi connectivity index (χ3v) is 4.94.